The molecular formula is C10H12BrClN2O. The van der Waals surface area contributed by atoms with Gasteiger partial charge in [0.2, 0.25) is 0 Å². The smallest absolute Gasteiger partial charge is 0.145 e. The van der Waals surface area contributed by atoms with Gasteiger partial charge in [-0.25, -0.2) is 4.99 Å². The fraction of sp³-hybridized carbons (Fsp3) is 0.300. The highest BCUT2D eigenvalue weighted by molar-refractivity contribution is 9.10. The van der Waals surface area contributed by atoms with Gasteiger partial charge in [-0.05, 0) is 40.5 Å². The molecule has 0 atom stereocenters. The number of halogens is 2. The minimum absolute atomic E-state index is 0.198. The lowest BCUT2D eigenvalue weighted by atomic mass is 10.2. The zero-order valence-electron chi connectivity index (χ0n) is 8.55. The molecule has 0 aliphatic rings. The Morgan fingerprint density at radius 3 is 2.80 bits per heavy atom. The molecule has 0 heterocycles. The summed E-state index contributed by atoms with van der Waals surface area (Å²) in [7, 11) is 1.59. The van der Waals surface area contributed by atoms with Gasteiger partial charge in [0.1, 0.15) is 17.3 Å². The minimum atomic E-state index is 0.198. The van der Waals surface area contributed by atoms with E-state index in [9.17, 15) is 0 Å². The number of amidine groups is 1. The average Bonchev–Trinajstić information content (AvgIpc) is 2.21. The molecule has 0 fully saturated rings. The summed E-state index contributed by atoms with van der Waals surface area (Å²) >= 11 is 8.98. The number of nitrogens with zero attached hydrogens (tertiary/aromatic N) is 1. The Morgan fingerprint density at radius 1 is 1.60 bits per heavy atom. The minimum Gasteiger partial charge on any atom is -0.494 e. The summed E-state index contributed by atoms with van der Waals surface area (Å²) in [6.07, 6.45) is 0. The lowest BCUT2D eigenvalue weighted by Crippen LogP contribution is -2.12. The highest BCUT2D eigenvalue weighted by Crippen LogP contribution is 2.36. The number of ether oxygens (including phenoxy) is 1. The van der Waals surface area contributed by atoms with E-state index in [4.69, 9.17) is 22.1 Å². The van der Waals surface area contributed by atoms with Crippen molar-refractivity contribution in [3.05, 3.63) is 22.2 Å². The van der Waals surface area contributed by atoms with E-state index in [1.165, 1.54) is 0 Å². The van der Waals surface area contributed by atoms with Crippen molar-refractivity contribution in [3.63, 3.8) is 0 Å². The lowest BCUT2D eigenvalue weighted by molar-refractivity contribution is 0.415. The summed E-state index contributed by atoms with van der Waals surface area (Å²) in [6, 6.07) is 3.84. The molecule has 1 aromatic rings. The summed E-state index contributed by atoms with van der Waals surface area (Å²) in [4.78, 5) is 4.18. The molecule has 0 aliphatic heterocycles. The Hall–Kier alpha value is -0.740. The average molecular weight is 292 g/mol. The zero-order chi connectivity index (χ0) is 11.4. The van der Waals surface area contributed by atoms with Crippen molar-refractivity contribution in [2.75, 3.05) is 13.0 Å². The van der Waals surface area contributed by atoms with Crippen LogP contribution in [0.25, 0.3) is 0 Å². The number of aliphatic imine (C=N–C) groups is 1. The van der Waals surface area contributed by atoms with E-state index in [2.05, 4.69) is 20.9 Å². The van der Waals surface area contributed by atoms with Crippen molar-refractivity contribution in [2.45, 2.75) is 6.92 Å². The summed E-state index contributed by atoms with van der Waals surface area (Å²) in [6.45, 7) is 1.98. The third kappa shape index (κ3) is 3.11. The zero-order valence-corrected chi connectivity index (χ0v) is 10.9. The normalized spacial score (nSPS) is 11.6. The molecule has 0 amide bonds. The fourth-order valence-electron chi connectivity index (χ4n) is 1.14. The van der Waals surface area contributed by atoms with Gasteiger partial charge < -0.3 is 10.5 Å². The predicted molar refractivity (Wildman–Crippen MR) is 67.4 cm³/mol. The second-order valence-electron chi connectivity index (χ2n) is 3.03. The molecule has 0 aromatic heterocycles. The molecule has 0 radical (unpaired) electrons. The van der Waals surface area contributed by atoms with Gasteiger partial charge in [0.15, 0.2) is 0 Å². The number of rotatable bonds is 3. The highest BCUT2D eigenvalue weighted by atomic mass is 79.9. The molecular weight excluding hydrogens is 279 g/mol. The molecule has 15 heavy (non-hydrogen) atoms. The van der Waals surface area contributed by atoms with Gasteiger partial charge in [-0.2, -0.15) is 0 Å². The SMILES string of the molecule is COc1cc(C)cc(Br)c1N=C(N)CCl. The van der Waals surface area contributed by atoms with Crippen LogP contribution in [0.5, 0.6) is 5.75 Å². The maximum absolute atomic E-state index is 5.58. The van der Waals surface area contributed by atoms with E-state index in [1.54, 1.807) is 7.11 Å². The Bertz CT molecular complexity index is 393. The van der Waals surface area contributed by atoms with E-state index in [0.717, 1.165) is 10.0 Å². The fourth-order valence-corrected chi connectivity index (χ4v) is 1.85. The molecule has 0 unspecified atom stereocenters. The number of methoxy groups -OCH3 is 1. The Balaban J connectivity index is 3.27. The maximum atomic E-state index is 5.58. The van der Waals surface area contributed by atoms with E-state index in [-0.39, 0.29) is 5.88 Å². The van der Waals surface area contributed by atoms with Crippen LogP contribution in [-0.2, 0) is 0 Å². The first-order valence-corrected chi connectivity index (χ1v) is 5.64. The van der Waals surface area contributed by atoms with E-state index >= 15 is 0 Å². The number of aryl methyl sites for hydroxylation is 1. The van der Waals surface area contributed by atoms with E-state index < -0.39 is 0 Å². The van der Waals surface area contributed by atoms with Gasteiger partial charge in [0.05, 0.1) is 13.0 Å². The first kappa shape index (κ1) is 12.3. The molecule has 82 valence electrons. The monoisotopic (exact) mass is 290 g/mol. The first-order chi connectivity index (χ1) is 7.08. The van der Waals surface area contributed by atoms with Gasteiger partial charge in [0.25, 0.3) is 0 Å². The molecule has 2 N–H and O–H groups in total. The van der Waals surface area contributed by atoms with Crippen LogP contribution in [0.1, 0.15) is 5.56 Å². The molecule has 0 spiro atoms. The standard InChI is InChI=1S/C10H12BrClN2O/c1-6-3-7(11)10(8(4-6)15-2)14-9(13)5-12/h3-4H,5H2,1-2H3,(H2,13,14). The summed E-state index contributed by atoms with van der Waals surface area (Å²) in [5.41, 5.74) is 7.33. The van der Waals surface area contributed by atoms with Gasteiger partial charge in [0, 0.05) is 4.47 Å². The van der Waals surface area contributed by atoms with Crippen molar-refractivity contribution in [1.29, 1.82) is 0 Å². The van der Waals surface area contributed by atoms with Crippen LogP contribution in [0, 0.1) is 6.92 Å². The van der Waals surface area contributed by atoms with Gasteiger partial charge in [-0.3, -0.25) is 0 Å². The lowest BCUT2D eigenvalue weighted by Gasteiger charge is -2.08. The van der Waals surface area contributed by atoms with Gasteiger partial charge in [-0.1, -0.05) is 0 Å². The van der Waals surface area contributed by atoms with Crippen molar-refractivity contribution < 1.29 is 4.74 Å². The van der Waals surface area contributed by atoms with Crippen molar-refractivity contribution in [1.82, 2.24) is 0 Å². The molecule has 5 heteroatoms. The second-order valence-corrected chi connectivity index (χ2v) is 4.16. The number of hydrogen-bond donors (Lipinski definition) is 1. The topological polar surface area (TPSA) is 47.6 Å². The van der Waals surface area contributed by atoms with Crippen molar-refractivity contribution in [2.24, 2.45) is 10.7 Å². The molecule has 0 saturated heterocycles. The van der Waals surface area contributed by atoms with Crippen molar-refractivity contribution in [3.8, 4) is 5.75 Å². The maximum Gasteiger partial charge on any atom is 0.145 e. The van der Waals surface area contributed by atoms with Crippen molar-refractivity contribution >= 4 is 39.1 Å². The Labute approximate surface area is 102 Å². The van der Waals surface area contributed by atoms with Crippen LogP contribution in [-0.4, -0.2) is 18.8 Å². The molecule has 0 aliphatic carbocycles. The van der Waals surface area contributed by atoms with Crippen LogP contribution in [0.4, 0.5) is 5.69 Å². The van der Waals surface area contributed by atoms with Crippen LogP contribution >= 0.6 is 27.5 Å². The number of alkyl halides is 1. The molecule has 1 aromatic carbocycles. The van der Waals surface area contributed by atoms with Crippen LogP contribution < -0.4 is 10.5 Å². The third-order valence-corrected chi connectivity index (χ3v) is 2.66. The van der Waals surface area contributed by atoms with Gasteiger partial charge in [-0.15, -0.1) is 11.6 Å². The van der Waals surface area contributed by atoms with E-state index in [0.29, 0.717) is 17.3 Å². The third-order valence-electron chi connectivity index (χ3n) is 1.79. The Morgan fingerprint density at radius 2 is 2.27 bits per heavy atom. The summed E-state index contributed by atoms with van der Waals surface area (Å²) < 4.78 is 6.06. The molecule has 3 nitrogen and oxygen atoms in total. The predicted octanol–water partition coefficient (Wildman–Crippen LogP) is 2.99. The van der Waals surface area contributed by atoms with Crippen LogP contribution in [0.15, 0.2) is 21.6 Å². The van der Waals surface area contributed by atoms with Gasteiger partial charge >= 0.3 is 0 Å². The van der Waals surface area contributed by atoms with E-state index in [1.807, 2.05) is 19.1 Å². The summed E-state index contributed by atoms with van der Waals surface area (Å²) in [5.74, 6) is 1.23. The molecule has 0 saturated carbocycles. The van der Waals surface area contributed by atoms with Crippen LogP contribution in [0.2, 0.25) is 0 Å². The number of hydrogen-bond acceptors (Lipinski definition) is 2. The Kier molecular flexibility index (Phi) is 4.42. The number of benzene rings is 1. The molecule has 0 bridgehead atoms. The quantitative estimate of drug-likeness (QED) is 0.529. The van der Waals surface area contributed by atoms with Crippen LogP contribution in [0.3, 0.4) is 0 Å². The highest BCUT2D eigenvalue weighted by Gasteiger charge is 2.08. The largest absolute Gasteiger partial charge is 0.494 e. The summed E-state index contributed by atoms with van der Waals surface area (Å²) in [5, 5.41) is 0. The molecule has 1 rings (SSSR count). The number of nitrogens with two attached hydrogens (primary N) is 1. The second kappa shape index (κ2) is 5.37. The first-order valence-electron chi connectivity index (χ1n) is 4.31.